The Balaban J connectivity index is 1.62. The molecule has 0 unspecified atom stereocenters. The van der Waals surface area contributed by atoms with E-state index >= 15 is 0 Å². The van der Waals surface area contributed by atoms with Crippen LogP contribution in [0.5, 0.6) is 0 Å². The molecule has 0 radical (unpaired) electrons. The summed E-state index contributed by atoms with van der Waals surface area (Å²) >= 11 is 0. The van der Waals surface area contributed by atoms with E-state index in [0.717, 1.165) is 44.1 Å². The first-order chi connectivity index (χ1) is 13.6. The molecule has 2 aliphatic heterocycles. The van der Waals surface area contributed by atoms with Crippen LogP contribution >= 0.6 is 0 Å². The van der Waals surface area contributed by atoms with Crippen molar-refractivity contribution in [3.63, 3.8) is 0 Å². The number of pyridine rings is 1. The minimum atomic E-state index is -0.875. The molecule has 2 atom stereocenters. The molecule has 0 spiro atoms. The average Bonchev–Trinajstić information content (AvgIpc) is 2.75. The second kappa shape index (κ2) is 7.88. The molecule has 4 rings (SSSR count). The van der Waals surface area contributed by atoms with Crippen LogP contribution in [0.4, 0.5) is 5.82 Å². The Hall–Kier alpha value is -2.46. The summed E-state index contributed by atoms with van der Waals surface area (Å²) in [6.45, 7) is 5.37. The van der Waals surface area contributed by atoms with E-state index in [9.17, 15) is 5.11 Å². The predicted molar refractivity (Wildman–Crippen MR) is 109 cm³/mol. The molecule has 2 saturated heterocycles. The highest BCUT2D eigenvalue weighted by molar-refractivity contribution is 5.44. The Bertz CT molecular complexity index is 826. The van der Waals surface area contributed by atoms with Gasteiger partial charge in [0, 0.05) is 45.5 Å². The SMILES string of the molecule is CN1CCN([C@@H]2CN(c3ccc(C#N)cn3)CC[C@]2(O)c2ccccc2)CC1. The summed E-state index contributed by atoms with van der Waals surface area (Å²) in [6, 6.07) is 15.9. The van der Waals surface area contributed by atoms with Crippen molar-refractivity contribution in [1.29, 1.82) is 5.26 Å². The Morgan fingerprint density at radius 1 is 1.07 bits per heavy atom. The van der Waals surface area contributed by atoms with E-state index in [1.807, 2.05) is 42.5 Å². The van der Waals surface area contributed by atoms with E-state index in [1.54, 1.807) is 6.20 Å². The van der Waals surface area contributed by atoms with Gasteiger partial charge in [0.25, 0.3) is 0 Å². The van der Waals surface area contributed by atoms with Gasteiger partial charge in [0.05, 0.1) is 11.6 Å². The van der Waals surface area contributed by atoms with Gasteiger partial charge in [0.1, 0.15) is 17.5 Å². The van der Waals surface area contributed by atoms with E-state index < -0.39 is 5.60 Å². The third-order valence-electron chi connectivity index (χ3n) is 6.16. The predicted octanol–water partition coefficient (Wildman–Crippen LogP) is 1.67. The first-order valence-electron chi connectivity index (χ1n) is 9.92. The fourth-order valence-corrected chi connectivity index (χ4v) is 4.39. The van der Waals surface area contributed by atoms with Gasteiger partial charge >= 0.3 is 0 Å². The fraction of sp³-hybridized carbons (Fsp3) is 0.455. The summed E-state index contributed by atoms with van der Waals surface area (Å²) in [7, 11) is 2.15. The molecular weight excluding hydrogens is 350 g/mol. The molecule has 1 N–H and O–H groups in total. The van der Waals surface area contributed by atoms with Crippen LogP contribution in [0.25, 0.3) is 0 Å². The number of aromatic nitrogens is 1. The van der Waals surface area contributed by atoms with Crippen molar-refractivity contribution in [1.82, 2.24) is 14.8 Å². The maximum absolute atomic E-state index is 11.8. The maximum atomic E-state index is 11.8. The molecule has 6 nitrogen and oxygen atoms in total. The van der Waals surface area contributed by atoms with Crippen molar-refractivity contribution in [3.05, 3.63) is 59.8 Å². The zero-order valence-corrected chi connectivity index (χ0v) is 16.3. The molecule has 0 saturated carbocycles. The van der Waals surface area contributed by atoms with Crippen molar-refractivity contribution in [3.8, 4) is 6.07 Å². The van der Waals surface area contributed by atoms with Gasteiger partial charge in [-0.05, 0) is 31.2 Å². The lowest BCUT2D eigenvalue weighted by Gasteiger charge is -2.51. The number of nitriles is 1. The van der Waals surface area contributed by atoms with Crippen molar-refractivity contribution >= 4 is 5.82 Å². The Morgan fingerprint density at radius 2 is 1.82 bits per heavy atom. The summed E-state index contributed by atoms with van der Waals surface area (Å²) < 4.78 is 0. The number of piperidine rings is 1. The third-order valence-corrected chi connectivity index (χ3v) is 6.16. The first-order valence-corrected chi connectivity index (χ1v) is 9.92. The number of piperazine rings is 1. The number of benzene rings is 1. The molecule has 2 fully saturated rings. The van der Waals surface area contributed by atoms with Crippen LogP contribution in [0.1, 0.15) is 17.5 Å². The fourth-order valence-electron chi connectivity index (χ4n) is 4.39. The summed E-state index contributed by atoms with van der Waals surface area (Å²) in [5.74, 6) is 0.869. The lowest BCUT2D eigenvalue weighted by molar-refractivity contribution is -0.0757. The summed E-state index contributed by atoms with van der Waals surface area (Å²) in [5.41, 5.74) is 0.684. The monoisotopic (exact) mass is 377 g/mol. The van der Waals surface area contributed by atoms with Gasteiger partial charge in [0.15, 0.2) is 0 Å². The van der Waals surface area contributed by atoms with E-state index in [1.165, 1.54) is 0 Å². The molecular formula is C22H27N5O. The van der Waals surface area contributed by atoms with E-state index in [2.05, 4.69) is 32.8 Å². The number of anilines is 1. The lowest BCUT2D eigenvalue weighted by atomic mass is 9.79. The van der Waals surface area contributed by atoms with Crippen LogP contribution in [-0.4, -0.2) is 72.2 Å². The second-order valence-electron chi connectivity index (χ2n) is 7.86. The molecule has 6 heteroatoms. The minimum absolute atomic E-state index is 0.00482. The van der Waals surface area contributed by atoms with Crippen molar-refractivity contribution in [2.24, 2.45) is 0 Å². The molecule has 0 bridgehead atoms. The van der Waals surface area contributed by atoms with Crippen LogP contribution < -0.4 is 4.90 Å². The van der Waals surface area contributed by atoms with Crippen molar-refractivity contribution in [2.75, 3.05) is 51.2 Å². The second-order valence-corrected chi connectivity index (χ2v) is 7.86. The molecule has 1 aromatic carbocycles. The number of aliphatic hydroxyl groups is 1. The Labute approximate surface area is 166 Å². The van der Waals surface area contributed by atoms with Crippen LogP contribution in [0.2, 0.25) is 0 Å². The Morgan fingerprint density at radius 3 is 2.46 bits per heavy atom. The quantitative estimate of drug-likeness (QED) is 0.878. The van der Waals surface area contributed by atoms with Crippen molar-refractivity contribution in [2.45, 2.75) is 18.1 Å². The van der Waals surface area contributed by atoms with Gasteiger partial charge in [-0.25, -0.2) is 4.98 Å². The van der Waals surface area contributed by atoms with Crippen LogP contribution in [0.3, 0.4) is 0 Å². The van der Waals surface area contributed by atoms with E-state index in [-0.39, 0.29) is 6.04 Å². The van der Waals surface area contributed by atoms with E-state index in [0.29, 0.717) is 18.5 Å². The highest BCUT2D eigenvalue weighted by Gasteiger charge is 2.46. The average molecular weight is 377 g/mol. The van der Waals surface area contributed by atoms with Gasteiger partial charge in [-0.15, -0.1) is 0 Å². The lowest BCUT2D eigenvalue weighted by Crippen LogP contribution is -2.64. The summed E-state index contributed by atoms with van der Waals surface area (Å²) in [5, 5.41) is 20.8. The highest BCUT2D eigenvalue weighted by atomic mass is 16.3. The van der Waals surface area contributed by atoms with Gasteiger partial charge < -0.3 is 14.9 Å². The first kappa shape index (κ1) is 18.9. The van der Waals surface area contributed by atoms with Crippen LogP contribution in [0, 0.1) is 11.3 Å². The molecule has 2 aliphatic rings. The zero-order chi connectivity index (χ0) is 19.6. The molecule has 0 amide bonds. The number of nitrogens with zero attached hydrogens (tertiary/aromatic N) is 5. The highest BCUT2D eigenvalue weighted by Crippen LogP contribution is 2.37. The van der Waals surface area contributed by atoms with Crippen molar-refractivity contribution < 1.29 is 5.11 Å². The molecule has 28 heavy (non-hydrogen) atoms. The number of rotatable bonds is 3. The number of hydrogen-bond donors (Lipinski definition) is 1. The minimum Gasteiger partial charge on any atom is -0.383 e. The van der Waals surface area contributed by atoms with Crippen LogP contribution in [0.15, 0.2) is 48.7 Å². The molecule has 2 aromatic rings. The molecule has 0 aliphatic carbocycles. The summed E-state index contributed by atoms with van der Waals surface area (Å²) in [6.07, 6.45) is 2.27. The normalized spacial score (nSPS) is 26.8. The topological polar surface area (TPSA) is 66.6 Å². The number of hydrogen-bond acceptors (Lipinski definition) is 6. The van der Waals surface area contributed by atoms with Gasteiger partial charge in [-0.2, -0.15) is 5.26 Å². The maximum Gasteiger partial charge on any atom is 0.128 e. The van der Waals surface area contributed by atoms with Crippen LogP contribution in [-0.2, 0) is 5.60 Å². The number of likely N-dealkylation sites (N-methyl/N-ethyl adjacent to an activating group) is 1. The largest absolute Gasteiger partial charge is 0.383 e. The molecule has 3 heterocycles. The molecule has 146 valence electrons. The zero-order valence-electron chi connectivity index (χ0n) is 16.3. The third kappa shape index (κ3) is 3.61. The smallest absolute Gasteiger partial charge is 0.128 e. The summed E-state index contributed by atoms with van der Waals surface area (Å²) in [4.78, 5) is 11.5. The van der Waals surface area contributed by atoms with Gasteiger partial charge in [-0.3, -0.25) is 4.90 Å². The Kier molecular flexibility index (Phi) is 5.31. The van der Waals surface area contributed by atoms with Gasteiger partial charge in [-0.1, -0.05) is 30.3 Å². The molecule has 1 aromatic heterocycles. The van der Waals surface area contributed by atoms with Gasteiger partial charge in [0.2, 0.25) is 0 Å². The standard InChI is InChI=1S/C22H27N5O/c1-25-11-13-26(14-12-25)20-17-27(21-8-7-18(15-23)16-24-21)10-9-22(20,28)19-5-3-2-4-6-19/h2-8,16,20,28H,9-14,17H2,1H3/t20-,22+/m1/s1. The van der Waals surface area contributed by atoms with E-state index in [4.69, 9.17) is 5.26 Å².